The number of aromatic nitrogens is 6. The fourth-order valence-corrected chi connectivity index (χ4v) is 4.37. The highest BCUT2D eigenvalue weighted by Gasteiger charge is 2.17. The topological polar surface area (TPSA) is 126 Å². The van der Waals surface area contributed by atoms with E-state index in [0.29, 0.717) is 41.3 Å². The molecule has 2 aromatic carbocycles. The summed E-state index contributed by atoms with van der Waals surface area (Å²) >= 11 is 0. The molecule has 5 aromatic rings. The third-order valence-corrected chi connectivity index (χ3v) is 6.13. The standard InChI is InChI=1S/C29H29N7O4/c1-17-12-21(33-23-9-7-6-8-22(17)23)16-40-28-15-27(30-18(2)31-28)36-26(34-29(35-36)32-19(3)37)14-20-10-11-24(38-4)25(13-20)39-5/h6-13,15H,14,16H2,1-5H3,(H,32,35,37). The summed E-state index contributed by atoms with van der Waals surface area (Å²) in [6.07, 6.45) is 0.381. The van der Waals surface area contributed by atoms with Crippen molar-refractivity contribution in [2.24, 2.45) is 0 Å². The average Bonchev–Trinajstić information content (AvgIpc) is 3.32. The van der Waals surface area contributed by atoms with Crippen LogP contribution in [-0.4, -0.2) is 49.8 Å². The van der Waals surface area contributed by atoms with Crippen molar-refractivity contribution < 1.29 is 19.0 Å². The third-order valence-electron chi connectivity index (χ3n) is 6.13. The Hall–Kier alpha value is -5.06. The summed E-state index contributed by atoms with van der Waals surface area (Å²) in [4.78, 5) is 30.0. The van der Waals surface area contributed by atoms with E-state index in [-0.39, 0.29) is 18.5 Å². The van der Waals surface area contributed by atoms with Gasteiger partial charge in [0.2, 0.25) is 17.7 Å². The molecule has 0 aliphatic rings. The molecule has 0 aliphatic carbocycles. The number of hydrogen-bond donors (Lipinski definition) is 1. The van der Waals surface area contributed by atoms with Crippen LogP contribution in [0.5, 0.6) is 17.4 Å². The lowest BCUT2D eigenvalue weighted by Gasteiger charge is -2.11. The second kappa shape index (κ2) is 11.4. The van der Waals surface area contributed by atoms with Crippen molar-refractivity contribution in [3.05, 3.63) is 83.1 Å². The van der Waals surface area contributed by atoms with Gasteiger partial charge in [-0.25, -0.2) is 9.97 Å². The van der Waals surface area contributed by atoms with Crippen molar-refractivity contribution >= 4 is 22.8 Å². The predicted octanol–water partition coefficient (Wildman–Crippen LogP) is 4.37. The first-order chi connectivity index (χ1) is 19.3. The Bertz CT molecular complexity index is 1700. The van der Waals surface area contributed by atoms with Crippen molar-refractivity contribution in [2.45, 2.75) is 33.8 Å². The lowest BCUT2D eigenvalue weighted by molar-refractivity contribution is -0.114. The number of nitrogens with one attached hydrogen (secondary N) is 1. The normalized spacial score (nSPS) is 10.9. The molecule has 3 heterocycles. The Labute approximate surface area is 231 Å². The summed E-state index contributed by atoms with van der Waals surface area (Å²) in [5.74, 6) is 2.95. The number of benzene rings is 2. The Balaban J connectivity index is 1.45. The molecule has 0 saturated heterocycles. The van der Waals surface area contributed by atoms with Crippen LogP contribution in [0.3, 0.4) is 0 Å². The van der Waals surface area contributed by atoms with E-state index in [1.807, 2.05) is 42.5 Å². The molecule has 0 atom stereocenters. The van der Waals surface area contributed by atoms with Crippen LogP contribution in [0.2, 0.25) is 0 Å². The average molecular weight is 540 g/mol. The van der Waals surface area contributed by atoms with E-state index in [2.05, 4.69) is 38.4 Å². The second-order valence-electron chi connectivity index (χ2n) is 9.16. The number of carbonyl (C=O) groups is 1. The molecule has 11 nitrogen and oxygen atoms in total. The van der Waals surface area contributed by atoms with Gasteiger partial charge in [-0.05, 0) is 49.2 Å². The maximum Gasteiger partial charge on any atom is 0.249 e. The van der Waals surface area contributed by atoms with Crippen LogP contribution in [-0.2, 0) is 17.8 Å². The largest absolute Gasteiger partial charge is 0.493 e. The van der Waals surface area contributed by atoms with Crippen molar-refractivity contribution in [1.29, 1.82) is 0 Å². The summed E-state index contributed by atoms with van der Waals surface area (Å²) in [5.41, 5.74) is 3.72. The summed E-state index contributed by atoms with van der Waals surface area (Å²) in [5, 5.41) is 8.25. The van der Waals surface area contributed by atoms with Crippen molar-refractivity contribution in [3.8, 4) is 23.2 Å². The maximum atomic E-state index is 11.7. The van der Waals surface area contributed by atoms with Crippen molar-refractivity contribution in [3.63, 3.8) is 0 Å². The van der Waals surface area contributed by atoms with Gasteiger partial charge in [-0.3, -0.25) is 10.1 Å². The molecule has 40 heavy (non-hydrogen) atoms. The molecule has 204 valence electrons. The molecule has 0 spiro atoms. The lowest BCUT2D eigenvalue weighted by Crippen LogP contribution is -2.10. The van der Waals surface area contributed by atoms with E-state index in [1.165, 1.54) is 6.92 Å². The fourth-order valence-electron chi connectivity index (χ4n) is 4.37. The lowest BCUT2D eigenvalue weighted by atomic mass is 10.1. The molecule has 5 rings (SSSR count). The molecule has 11 heteroatoms. The van der Waals surface area contributed by atoms with Gasteiger partial charge in [0.1, 0.15) is 18.3 Å². The molecule has 0 unspecified atom stereocenters. The number of carbonyl (C=O) groups excluding carboxylic acids is 1. The summed E-state index contributed by atoms with van der Waals surface area (Å²) in [6, 6.07) is 17.3. The number of aryl methyl sites for hydroxylation is 2. The minimum absolute atomic E-state index is 0.164. The monoisotopic (exact) mass is 539 g/mol. The Morgan fingerprint density at radius 1 is 0.925 bits per heavy atom. The molecule has 3 aromatic heterocycles. The van der Waals surface area contributed by atoms with Crippen LogP contribution in [0.1, 0.15) is 35.4 Å². The van der Waals surface area contributed by atoms with Gasteiger partial charge >= 0.3 is 0 Å². The van der Waals surface area contributed by atoms with Crippen molar-refractivity contribution in [2.75, 3.05) is 19.5 Å². The van der Waals surface area contributed by atoms with Gasteiger partial charge in [0.05, 0.1) is 25.4 Å². The number of anilines is 1. The van der Waals surface area contributed by atoms with Crippen LogP contribution >= 0.6 is 0 Å². The van der Waals surface area contributed by atoms with Crippen LogP contribution in [0.4, 0.5) is 5.95 Å². The molecule has 1 N–H and O–H groups in total. The first-order valence-electron chi connectivity index (χ1n) is 12.6. The number of para-hydroxylation sites is 1. The van der Waals surface area contributed by atoms with E-state index in [4.69, 9.17) is 19.2 Å². The summed E-state index contributed by atoms with van der Waals surface area (Å²) in [7, 11) is 3.17. The Morgan fingerprint density at radius 3 is 2.50 bits per heavy atom. The van der Waals surface area contributed by atoms with E-state index in [0.717, 1.165) is 27.7 Å². The van der Waals surface area contributed by atoms with Crippen molar-refractivity contribution in [1.82, 2.24) is 29.7 Å². The Morgan fingerprint density at radius 2 is 1.73 bits per heavy atom. The number of nitrogens with zero attached hydrogens (tertiary/aromatic N) is 6. The number of hydrogen-bond acceptors (Lipinski definition) is 9. The number of pyridine rings is 1. The first-order valence-corrected chi connectivity index (χ1v) is 12.6. The Kier molecular flexibility index (Phi) is 7.54. The molecule has 0 saturated carbocycles. The number of ether oxygens (including phenoxy) is 3. The SMILES string of the molecule is COc1ccc(Cc2nc(NC(C)=O)nn2-c2cc(OCc3cc(C)c4ccccc4n3)nc(C)n2)cc1OC. The number of fused-ring (bicyclic) bond motifs is 1. The highest BCUT2D eigenvalue weighted by atomic mass is 16.5. The zero-order valence-corrected chi connectivity index (χ0v) is 22.9. The maximum absolute atomic E-state index is 11.7. The highest BCUT2D eigenvalue weighted by Crippen LogP contribution is 2.29. The number of amides is 1. The molecule has 0 bridgehead atoms. The van der Waals surface area contributed by atoms with Crippen LogP contribution < -0.4 is 19.5 Å². The van der Waals surface area contributed by atoms with E-state index < -0.39 is 0 Å². The van der Waals surface area contributed by atoms with Gasteiger partial charge in [0, 0.05) is 24.8 Å². The van der Waals surface area contributed by atoms with Crippen LogP contribution in [0, 0.1) is 13.8 Å². The highest BCUT2D eigenvalue weighted by molar-refractivity contribution is 5.86. The predicted molar refractivity (Wildman–Crippen MR) is 149 cm³/mol. The van der Waals surface area contributed by atoms with Gasteiger partial charge in [-0.15, -0.1) is 5.10 Å². The smallest absolute Gasteiger partial charge is 0.249 e. The molecule has 0 radical (unpaired) electrons. The molecular weight excluding hydrogens is 510 g/mol. The zero-order valence-electron chi connectivity index (χ0n) is 22.9. The van der Waals surface area contributed by atoms with E-state index in [9.17, 15) is 4.79 Å². The quantitative estimate of drug-likeness (QED) is 0.291. The van der Waals surface area contributed by atoms with Gasteiger partial charge in [-0.2, -0.15) is 14.6 Å². The van der Waals surface area contributed by atoms with Gasteiger partial charge in [0.15, 0.2) is 17.3 Å². The minimum Gasteiger partial charge on any atom is -0.493 e. The van der Waals surface area contributed by atoms with E-state index >= 15 is 0 Å². The minimum atomic E-state index is -0.282. The van der Waals surface area contributed by atoms with Gasteiger partial charge in [-0.1, -0.05) is 24.3 Å². The number of rotatable bonds is 9. The zero-order chi connectivity index (χ0) is 28.2. The summed E-state index contributed by atoms with van der Waals surface area (Å²) < 4.78 is 18.4. The molecule has 1 amide bonds. The second-order valence-corrected chi connectivity index (χ2v) is 9.16. The third kappa shape index (κ3) is 5.83. The van der Waals surface area contributed by atoms with Gasteiger partial charge in [0.25, 0.3) is 0 Å². The van der Waals surface area contributed by atoms with Crippen LogP contribution in [0.25, 0.3) is 16.7 Å². The molecule has 0 aliphatic heterocycles. The van der Waals surface area contributed by atoms with E-state index in [1.54, 1.807) is 31.9 Å². The molecular formula is C29H29N7O4. The number of methoxy groups -OCH3 is 2. The van der Waals surface area contributed by atoms with Gasteiger partial charge < -0.3 is 14.2 Å². The van der Waals surface area contributed by atoms with Crippen LogP contribution in [0.15, 0.2) is 54.6 Å². The first kappa shape index (κ1) is 26.5. The fraction of sp³-hybridized carbons (Fsp3) is 0.241. The summed E-state index contributed by atoms with van der Waals surface area (Å²) in [6.45, 7) is 5.46. The molecule has 0 fully saturated rings.